The van der Waals surface area contributed by atoms with Gasteiger partial charge >= 0.3 is 6.03 Å². The van der Waals surface area contributed by atoms with E-state index in [1.807, 2.05) is 47.8 Å². The van der Waals surface area contributed by atoms with Gasteiger partial charge < -0.3 is 9.73 Å². The molecule has 1 saturated heterocycles. The molecule has 0 saturated carbocycles. The normalized spacial score (nSPS) is 16.9. The van der Waals surface area contributed by atoms with Gasteiger partial charge in [-0.2, -0.15) is 0 Å². The fourth-order valence-electron chi connectivity index (χ4n) is 2.93. The number of aromatic nitrogens is 1. The predicted molar refractivity (Wildman–Crippen MR) is 97.4 cm³/mol. The maximum absolute atomic E-state index is 12.6. The van der Waals surface area contributed by atoms with Crippen LogP contribution in [0.2, 0.25) is 0 Å². The Balaban J connectivity index is 1.39. The molecule has 1 aliphatic rings. The molecule has 0 radical (unpaired) electrons. The van der Waals surface area contributed by atoms with Gasteiger partial charge in [0.2, 0.25) is 5.89 Å². The van der Waals surface area contributed by atoms with Crippen LogP contribution in [0, 0.1) is 0 Å². The summed E-state index contributed by atoms with van der Waals surface area (Å²) >= 11 is 1.52. The molecule has 0 aliphatic carbocycles. The molecule has 3 aromatic rings. The SMILES string of the molecule is O=C1N[C@@H](CCc2ccccc2)C(=O)N1Cc1coc(-c2cccs2)n1. The number of hydrogen-bond acceptors (Lipinski definition) is 5. The number of hydrogen-bond donors (Lipinski definition) is 1. The molecule has 7 heteroatoms. The Morgan fingerprint density at radius 1 is 1.15 bits per heavy atom. The largest absolute Gasteiger partial charge is 0.443 e. The van der Waals surface area contributed by atoms with E-state index in [0.29, 0.717) is 18.0 Å². The Kier molecular flexibility index (Phi) is 4.53. The minimum atomic E-state index is -0.494. The molecule has 3 heterocycles. The van der Waals surface area contributed by atoms with Crippen LogP contribution in [0.5, 0.6) is 0 Å². The molecule has 2 aromatic heterocycles. The monoisotopic (exact) mass is 367 g/mol. The van der Waals surface area contributed by atoms with Crippen molar-refractivity contribution in [1.82, 2.24) is 15.2 Å². The minimum Gasteiger partial charge on any atom is -0.443 e. The topological polar surface area (TPSA) is 75.4 Å². The van der Waals surface area contributed by atoms with Crippen LogP contribution in [0.25, 0.3) is 10.8 Å². The Bertz CT molecular complexity index is 905. The highest BCUT2D eigenvalue weighted by Crippen LogP contribution is 2.24. The molecule has 4 rings (SSSR count). The van der Waals surface area contributed by atoms with Crippen LogP contribution in [-0.4, -0.2) is 27.9 Å². The molecule has 0 spiro atoms. The quantitative estimate of drug-likeness (QED) is 0.677. The van der Waals surface area contributed by atoms with Gasteiger partial charge in [0, 0.05) is 0 Å². The van der Waals surface area contributed by atoms with Crippen LogP contribution in [0.1, 0.15) is 17.7 Å². The summed E-state index contributed by atoms with van der Waals surface area (Å²) in [6.07, 6.45) is 2.80. The van der Waals surface area contributed by atoms with Gasteiger partial charge in [0.15, 0.2) is 0 Å². The first kappa shape index (κ1) is 16.5. The zero-order valence-electron chi connectivity index (χ0n) is 13.9. The maximum atomic E-state index is 12.6. The van der Waals surface area contributed by atoms with E-state index in [1.165, 1.54) is 22.5 Å². The van der Waals surface area contributed by atoms with Gasteiger partial charge in [-0.05, 0) is 29.9 Å². The molecule has 3 amide bonds. The number of nitrogens with one attached hydrogen (secondary N) is 1. The number of thiophene rings is 1. The van der Waals surface area contributed by atoms with E-state index in [2.05, 4.69) is 10.3 Å². The second-order valence-electron chi connectivity index (χ2n) is 6.07. The van der Waals surface area contributed by atoms with Crippen molar-refractivity contribution in [2.24, 2.45) is 0 Å². The molecule has 1 aromatic carbocycles. The summed E-state index contributed by atoms with van der Waals surface area (Å²) in [6.45, 7) is 0.112. The number of carbonyl (C=O) groups is 2. The minimum absolute atomic E-state index is 0.112. The molecular formula is C19H17N3O3S. The van der Waals surface area contributed by atoms with Gasteiger partial charge in [-0.15, -0.1) is 11.3 Å². The number of rotatable bonds is 6. The average Bonchev–Trinajstić information content (AvgIpc) is 3.38. The van der Waals surface area contributed by atoms with Gasteiger partial charge in [0.05, 0.1) is 17.1 Å². The number of nitrogens with zero attached hydrogens (tertiary/aromatic N) is 2. The lowest BCUT2D eigenvalue weighted by Crippen LogP contribution is -2.31. The molecule has 1 atom stereocenters. The lowest BCUT2D eigenvalue weighted by Gasteiger charge is -2.11. The summed E-state index contributed by atoms with van der Waals surface area (Å²) in [7, 11) is 0. The van der Waals surface area contributed by atoms with Crippen molar-refractivity contribution in [1.29, 1.82) is 0 Å². The molecule has 1 N–H and O–H groups in total. The maximum Gasteiger partial charge on any atom is 0.325 e. The van der Waals surface area contributed by atoms with Crippen LogP contribution in [0.15, 0.2) is 58.5 Å². The molecular weight excluding hydrogens is 350 g/mol. The fraction of sp³-hybridized carbons (Fsp3) is 0.211. The highest BCUT2D eigenvalue weighted by atomic mass is 32.1. The first-order valence-corrected chi connectivity index (χ1v) is 9.23. The summed E-state index contributed by atoms with van der Waals surface area (Å²) < 4.78 is 5.45. The molecule has 1 aliphatic heterocycles. The number of benzene rings is 1. The van der Waals surface area contributed by atoms with Crippen molar-refractivity contribution >= 4 is 23.3 Å². The van der Waals surface area contributed by atoms with Crippen molar-refractivity contribution in [3.05, 3.63) is 65.4 Å². The fourth-order valence-corrected chi connectivity index (χ4v) is 3.59. The van der Waals surface area contributed by atoms with Crippen LogP contribution >= 0.6 is 11.3 Å². The summed E-state index contributed by atoms with van der Waals surface area (Å²) in [6, 6.07) is 12.9. The van der Waals surface area contributed by atoms with E-state index in [9.17, 15) is 9.59 Å². The predicted octanol–water partition coefficient (Wildman–Crippen LogP) is 3.46. The highest BCUT2D eigenvalue weighted by molar-refractivity contribution is 7.13. The van der Waals surface area contributed by atoms with Gasteiger partial charge in [0.1, 0.15) is 12.3 Å². The molecule has 1 fully saturated rings. The standard InChI is InChI=1S/C19H17N3O3S/c23-18-15(9-8-13-5-2-1-3-6-13)21-19(24)22(18)11-14-12-25-17(20-14)16-7-4-10-26-16/h1-7,10,12,15H,8-9,11H2,(H,21,24)/t15-/m0/s1. The van der Waals surface area contributed by atoms with Crippen molar-refractivity contribution in [2.45, 2.75) is 25.4 Å². The number of carbonyl (C=O) groups excluding carboxylic acids is 2. The molecule has 0 unspecified atom stereocenters. The summed E-state index contributed by atoms with van der Waals surface area (Å²) in [5, 5.41) is 4.70. The molecule has 26 heavy (non-hydrogen) atoms. The van der Waals surface area contributed by atoms with E-state index < -0.39 is 6.04 Å². The molecule has 132 valence electrons. The molecule has 6 nitrogen and oxygen atoms in total. The number of aryl methyl sites for hydroxylation is 1. The van der Waals surface area contributed by atoms with Crippen LogP contribution in [0.4, 0.5) is 4.79 Å². The first-order chi connectivity index (χ1) is 12.7. The van der Waals surface area contributed by atoms with E-state index in [-0.39, 0.29) is 18.5 Å². The number of oxazole rings is 1. The lowest BCUT2D eigenvalue weighted by molar-refractivity contribution is -0.128. The average molecular weight is 367 g/mol. The second-order valence-corrected chi connectivity index (χ2v) is 7.02. The van der Waals surface area contributed by atoms with E-state index in [4.69, 9.17) is 4.42 Å². The van der Waals surface area contributed by atoms with E-state index in [0.717, 1.165) is 16.9 Å². The van der Waals surface area contributed by atoms with Crippen molar-refractivity contribution in [3.63, 3.8) is 0 Å². The van der Waals surface area contributed by atoms with Crippen molar-refractivity contribution in [2.75, 3.05) is 0 Å². The van der Waals surface area contributed by atoms with Gasteiger partial charge in [-0.3, -0.25) is 9.69 Å². The highest BCUT2D eigenvalue weighted by Gasteiger charge is 2.37. The van der Waals surface area contributed by atoms with E-state index in [1.54, 1.807) is 0 Å². The zero-order valence-corrected chi connectivity index (χ0v) is 14.7. The van der Waals surface area contributed by atoms with Gasteiger partial charge in [-0.25, -0.2) is 9.78 Å². The van der Waals surface area contributed by atoms with Gasteiger partial charge in [0.25, 0.3) is 5.91 Å². The van der Waals surface area contributed by atoms with Crippen LogP contribution in [-0.2, 0) is 17.8 Å². The van der Waals surface area contributed by atoms with E-state index >= 15 is 0 Å². The molecule has 0 bridgehead atoms. The Labute approximate surface area is 154 Å². The summed E-state index contributed by atoms with van der Waals surface area (Å²) in [4.78, 5) is 31.2. The number of urea groups is 1. The third-order valence-corrected chi connectivity index (χ3v) is 5.13. The number of amides is 3. The lowest BCUT2D eigenvalue weighted by atomic mass is 10.1. The van der Waals surface area contributed by atoms with Crippen molar-refractivity contribution < 1.29 is 14.0 Å². The second kappa shape index (κ2) is 7.13. The smallest absolute Gasteiger partial charge is 0.325 e. The number of imide groups is 1. The summed E-state index contributed by atoms with van der Waals surface area (Å²) in [5.41, 5.74) is 1.70. The zero-order chi connectivity index (χ0) is 17.9. The van der Waals surface area contributed by atoms with Crippen molar-refractivity contribution in [3.8, 4) is 10.8 Å². The van der Waals surface area contributed by atoms with Crippen LogP contribution < -0.4 is 5.32 Å². The Hall–Kier alpha value is -2.93. The third-order valence-electron chi connectivity index (χ3n) is 4.28. The Morgan fingerprint density at radius 2 is 2.00 bits per heavy atom. The first-order valence-electron chi connectivity index (χ1n) is 8.35. The summed E-state index contributed by atoms with van der Waals surface area (Å²) in [5.74, 6) is 0.286. The van der Waals surface area contributed by atoms with Gasteiger partial charge in [-0.1, -0.05) is 36.4 Å². The van der Waals surface area contributed by atoms with Crippen LogP contribution in [0.3, 0.4) is 0 Å². The Morgan fingerprint density at radius 3 is 2.77 bits per heavy atom. The third kappa shape index (κ3) is 3.39.